The zero-order valence-electron chi connectivity index (χ0n) is 14.2. The maximum absolute atomic E-state index is 12.1. The van der Waals surface area contributed by atoms with Gasteiger partial charge in [-0.25, -0.2) is 4.83 Å². The summed E-state index contributed by atoms with van der Waals surface area (Å²) in [7, 11) is -3.63. The van der Waals surface area contributed by atoms with E-state index in [1.807, 2.05) is 31.2 Å². The molecule has 2 aromatic rings. The van der Waals surface area contributed by atoms with Crippen molar-refractivity contribution in [2.24, 2.45) is 5.10 Å². The molecule has 0 heterocycles. The highest BCUT2D eigenvalue weighted by Gasteiger charge is 2.11. The Bertz CT molecular complexity index is 778. The quantitative estimate of drug-likeness (QED) is 0.619. The average Bonchev–Trinajstić information content (AvgIpc) is 2.57. The van der Waals surface area contributed by atoms with Gasteiger partial charge in [0.2, 0.25) is 0 Å². The van der Waals surface area contributed by atoms with Crippen LogP contribution in [0.5, 0.6) is 0 Å². The number of nitrogens with zero attached hydrogens (tertiary/aromatic N) is 2. The van der Waals surface area contributed by atoms with Gasteiger partial charge in [-0.1, -0.05) is 29.8 Å². The zero-order chi connectivity index (χ0) is 17.6. The van der Waals surface area contributed by atoms with Gasteiger partial charge in [0, 0.05) is 18.8 Å². The molecular formula is C18H23N3O2S. The molecule has 0 atom stereocenters. The highest BCUT2D eigenvalue weighted by Crippen LogP contribution is 2.14. The molecule has 1 N–H and O–H groups in total. The van der Waals surface area contributed by atoms with E-state index in [-0.39, 0.29) is 4.90 Å². The van der Waals surface area contributed by atoms with E-state index in [0.717, 1.165) is 29.9 Å². The van der Waals surface area contributed by atoms with E-state index < -0.39 is 10.0 Å². The van der Waals surface area contributed by atoms with Crippen molar-refractivity contribution in [2.75, 3.05) is 18.0 Å². The fourth-order valence-corrected chi connectivity index (χ4v) is 3.09. The van der Waals surface area contributed by atoms with E-state index in [1.165, 1.54) is 6.21 Å². The molecule has 0 aliphatic heterocycles. The third kappa shape index (κ3) is 4.58. The standard InChI is InChI=1S/C18H23N3O2S/c1-4-21(5-2)17-10-8-16(9-11-17)14-19-20-24(22,23)18-12-6-15(3)7-13-18/h6-14,20H,4-5H2,1-3H3. The minimum Gasteiger partial charge on any atom is -0.372 e. The van der Waals surface area contributed by atoms with Gasteiger partial charge in [-0.3, -0.25) is 0 Å². The molecule has 2 aromatic carbocycles. The first-order chi connectivity index (χ1) is 11.5. The third-order valence-electron chi connectivity index (χ3n) is 3.74. The Balaban J connectivity index is 2.04. The first kappa shape index (κ1) is 18.0. The van der Waals surface area contributed by atoms with Gasteiger partial charge in [-0.15, -0.1) is 0 Å². The number of aryl methyl sites for hydroxylation is 1. The summed E-state index contributed by atoms with van der Waals surface area (Å²) >= 11 is 0. The van der Waals surface area contributed by atoms with Crippen molar-refractivity contribution < 1.29 is 8.42 Å². The Morgan fingerprint density at radius 3 is 2.12 bits per heavy atom. The van der Waals surface area contributed by atoms with Gasteiger partial charge in [0.25, 0.3) is 10.0 Å². The number of hydrogen-bond acceptors (Lipinski definition) is 4. The smallest absolute Gasteiger partial charge is 0.276 e. The van der Waals surface area contributed by atoms with E-state index in [0.29, 0.717) is 0 Å². The van der Waals surface area contributed by atoms with Gasteiger partial charge in [-0.2, -0.15) is 13.5 Å². The number of benzene rings is 2. The van der Waals surface area contributed by atoms with Crippen LogP contribution in [0.1, 0.15) is 25.0 Å². The Kier molecular flexibility index (Phi) is 5.98. The Hall–Kier alpha value is -2.34. The summed E-state index contributed by atoms with van der Waals surface area (Å²) < 4.78 is 24.2. The van der Waals surface area contributed by atoms with E-state index in [4.69, 9.17) is 0 Å². The topological polar surface area (TPSA) is 61.8 Å². The summed E-state index contributed by atoms with van der Waals surface area (Å²) in [5.74, 6) is 0. The summed E-state index contributed by atoms with van der Waals surface area (Å²) in [5.41, 5.74) is 2.97. The minimum atomic E-state index is -3.63. The van der Waals surface area contributed by atoms with Crippen molar-refractivity contribution in [2.45, 2.75) is 25.7 Å². The number of nitrogens with one attached hydrogen (secondary N) is 1. The predicted octanol–water partition coefficient (Wildman–Crippen LogP) is 3.15. The molecule has 0 unspecified atom stereocenters. The molecule has 0 aromatic heterocycles. The molecule has 128 valence electrons. The summed E-state index contributed by atoms with van der Waals surface area (Å²) in [4.78, 5) is 4.67. The fraction of sp³-hybridized carbons (Fsp3) is 0.278. The SMILES string of the molecule is CCN(CC)c1ccc(C=NNS(=O)(=O)c2ccc(C)cc2)cc1. The van der Waals surface area contributed by atoms with Gasteiger partial charge in [0.15, 0.2) is 0 Å². The second-order valence-corrected chi connectivity index (χ2v) is 7.09. The Labute approximate surface area is 144 Å². The van der Waals surface area contributed by atoms with Crippen molar-refractivity contribution in [3.63, 3.8) is 0 Å². The second kappa shape index (κ2) is 7.97. The number of rotatable bonds is 7. The first-order valence-corrected chi connectivity index (χ1v) is 9.41. The Morgan fingerprint density at radius 2 is 1.58 bits per heavy atom. The molecule has 0 saturated carbocycles. The van der Waals surface area contributed by atoms with Crippen molar-refractivity contribution in [1.29, 1.82) is 0 Å². The van der Waals surface area contributed by atoms with Crippen LogP contribution in [-0.4, -0.2) is 27.7 Å². The van der Waals surface area contributed by atoms with E-state index in [2.05, 4.69) is 28.7 Å². The number of sulfonamides is 1. The lowest BCUT2D eigenvalue weighted by atomic mass is 10.2. The molecule has 0 aliphatic rings. The van der Waals surface area contributed by atoms with Crippen molar-refractivity contribution in [3.05, 3.63) is 59.7 Å². The number of anilines is 1. The number of hydrazone groups is 1. The van der Waals surface area contributed by atoms with Gasteiger partial charge in [-0.05, 0) is 50.6 Å². The number of hydrogen-bond donors (Lipinski definition) is 1. The summed E-state index contributed by atoms with van der Waals surface area (Å²) in [6, 6.07) is 14.5. The summed E-state index contributed by atoms with van der Waals surface area (Å²) in [5, 5.41) is 3.85. The van der Waals surface area contributed by atoms with Gasteiger partial charge in [0.1, 0.15) is 0 Å². The van der Waals surface area contributed by atoms with Crippen LogP contribution in [0.3, 0.4) is 0 Å². The molecule has 2 rings (SSSR count). The van der Waals surface area contributed by atoms with Crippen molar-refractivity contribution >= 4 is 21.9 Å². The summed E-state index contributed by atoms with van der Waals surface area (Å²) in [6.07, 6.45) is 1.50. The minimum absolute atomic E-state index is 0.196. The molecule has 0 bridgehead atoms. The highest BCUT2D eigenvalue weighted by molar-refractivity contribution is 7.89. The Morgan fingerprint density at radius 1 is 1.00 bits per heavy atom. The molecular weight excluding hydrogens is 322 g/mol. The van der Waals surface area contributed by atoms with Crippen LogP contribution in [0.25, 0.3) is 0 Å². The molecule has 0 amide bonds. The molecule has 0 fully saturated rings. The predicted molar refractivity (Wildman–Crippen MR) is 99.1 cm³/mol. The third-order valence-corrected chi connectivity index (χ3v) is 4.98. The maximum Gasteiger partial charge on any atom is 0.276 e. The second-order valence-electron chi connectivity index (χ2n) is 5.43. The molecule has 0 saturated heterocycles. The monoisotopic (exact) mass is 345 g/mol. The highest BCUT2D eigenvalue weighted by atomic mass is 32.2. The normalized spacial score (nSPS) is 11.6. The van der Waals surface area contributed by atoms with Crippen LogP contribution in [-0.2, 0) is 10.0 Å². The molecule has 0 aliphatic carbocycles. The van der Waals surface area contributed by atoms with Crippen LogP contribution in [0.4, 0.5) is 5.69 Å². The van der Waals surface area contributed by atoms with Gasteiger partial charge < -0.3 is 4.90 Å². The molecule has 0 radical (unpaired) electrons. The first-order valence-electron chi connectivity index (χ1n) is 7.93. The van der Waals surface area contributed by atoms with Gasteiger partial charge >= 0.3 is 0 Å². The van der Waals surface area contributed by atoms with Crippen LogP contribution in [0, 0.1) is 6.92 Å². The van der Waals surface area contributed by atoms with E-state index >= 15 is 0 Å². The molecule has 6 heteroatoms. The molecule has 24 heavy (non-hydrogen) atoms. The average molecular weight is 345 g/mol. The van der Waals surface area contributed by atoms with Gasteiger partial charge in [0.05, 0.1) is 11.1 Å². The van der Waals surface area contributed by atoms with E-state index in [9.17, 15) is 8.42 Å². The van der Waals surface area contributed by atoms with Crippen LogP contribution < -0.4 is 9.73 Å². The fourth-order valence-electron chi connectivity index (χ4n) is 2.30. The van der Waals surface area contributed by atoms with Crippen LogP contribution in [0.2, 0.25) is 0 Å². The zero-order valence-corrected chi connectivity index (χ0v) is 15.0. The molecule has 5 nitrogen and oxygen atoms in total. The van der Waals surface area contributed by atoms with Crippen molar-refractivity contribution in [1.82, 2.24) is 4.83 Å². The lowest BCUT2D eigenvalue weighted by molar-refractivity contribution is 0.584. The van der Waals surface area contributed by atoms with E-state index in [1.54, 1.807) is 24.3 Å². The molecule has 0 spiro atoms. The van der Waals surface area contributed by atoms with Crippen molar-refractivity contribution in [3.8, 4) is 0 Å². The summed E-state index contributed by atoms with van der Waals surface area (Å²) in [6.45, 7) is 8.02. The lowest BCUT2D eigenvalue weighted by Crippen LogP contribution is -2.21. The lowest BCUT2D eigenvalue weighted by Gasteiger charge is -2.20. The van der Waals surface area contributed by atoms with Crippen LogP contribution >= 0.6 is 0 Å². The maximum atomic E-state index is 12.1. The largest absolute Gasteiger partial charge is 0.372 e. The van der Waals surface area contributed by atoms with Crippen LogP contribution in [0.15, 0.2) is 58.5 Å².